The van der Waals surface area contributed by atoms with Gasteiger partial charge in [0, 0.05) is 43.4 Å². The van der Waals surface area contributed by atoms with Crippen LogP contribution in [0, 0.1) is 5.92 Å². The van der Waals surface area contributed by atoms with E-state index in [1.807, 2.05) is 16.2 Å². The van der Waals surface area contributed by atoms with Crippen LogP contribution >= 0.6 is 11.3 Å². The Morgan fingerprint density at radius 1 is 1.14 bits per heavy atom. The van der Waals surface area contributed by atoms with Crippen LogP contribution in [0.2, 0.25) is 0 Å². The Labute approximate surface area is 171 Å². The smallest absolute Gasteiger partial charge is 0.222 e. The van der Waals surface area contributed by atoms with Crippen LogP contribution in [-0.4, -0.2) is 47.0 Å². The molecule has 1 atom stereocenters. The average Bonchev–Trinajstić information content (AvgIpc) is 3.48. The van der Waals surface area contributed by atoms with Crippen LogP contribution in [0.3, 0.4) is 0 Å². The molecule has 6 heteroatoms. The summed E-state index contributed by atoms with van der Waals surface area (Å²) in [6.45, 7) is 7.83. The van der Waals surface area contributed by atoms with Gasteiger partial charge in [-0.3, -0.25) is 4.79 Å². The van der Waals surface area contributed by atoms with Crippen molar-refractivity contribution in [2.75, 3.05) is 31.1 Å². The zero-order chi connectivity index (χ0) is 19.3. The molecule has 3 aliphatic rings. The van der Waals surface area contributed by atoms with E-state index in [1.165, 1.54) is 46.3 Å². The summed E-state index contributed by atoms with van der Waals surface area (Å²) in [6.07, 6.45) is 7.66. The van der Waals surface area contributed by atoms with Gasteiger partial charge in [-0.25, -0.2) is 9.97 Å². The number of amides is 1. The van der Waals surface area contributed by atoms with Crippen LogP contribution < -0.4 is 4.90 Å². The molecule has 0 spiro atoms. The number of anilines is 1. The van der Waals surface area contributed by atoms with Crippen molar-refractivity contribution in [2.24, 2.45) is 5.92 Å². The summed E-state index contributed by atoms with van der Waals surface area (Å²) in [5, 5.41) is 1.32. The van der Waals surface area contributed by atoms with Crippen molar-refractivity contribution in [3.63, 3.8) is 0 Å². The predicted molar refractivity (Wildman–Crippen MR) is 114 cm³/mol. The molecule has 28 heavy (non-hydrogen) atoms. The topological polar surface area (TPSA) is 49.3 Å². The lowest BCUT2D eigenvalue weighted by molar-refractivity contribution is -0.131. The van der Waals surface area contributed by atoms with Gasteiger partial charge in [0.15, 0.2) is 0 Å². The van der Waals surface area contributed by atoms with Gasteiger partial charge in [0.05, 0.1) is 5.39 Å². The SMILES string of the molecule is CCCC(=O)N1CCN(c2nc(C3CC3)nc3sc4c(c23)CCC(C)C4)CC1. The molecule has 2 aromatic rings. The quantitative estimate of drug-likeness (QED) is 0.777. The van der Waals surface area contributed by atoms with Crippen molar-refractivity contribution < 1.29 is 4.79 Å². The summed E-state index contributed by atoms with van der Waals surface area (Å²) in [7, 11) is 0. The number of hydrogen-bond donors (Lipinski definition) is 0. The minimum atomic E-state index is 0.301. The summed E-state index contributed by atoms with van der Waals surface area (Å²) >= 11 is 1.91. The fourth-order valence-electron chi connectivity index (χ4n) is 4.63. The first-order valence-electron chi connectivity index (χ1n) is 11.0. The number of thiophene rings is 1. The van der Waals surface area contributed by atoms with E-state index in [2.05, 4.69) is 18.7 Å². The number of carbonyl (C=O) groups is 1. The molecule has 1 saturated carbocycles. The zero-order valence-electron chi connectivity index (χ0n) is 17.0. The molecule has 0 N–H and O–H groups in total. The Bertz CT molecular complexity index is 896. The lowest BCUT2D eigenvalue weighted by Gasteiger charge is -2.36. The van der Waals surface area contributed by atoms with Gasteiger partial charge in [0.1, 0.15) is 16.5 Å². The van der Waals surface area contributed by atoms with Gasteiger partial charge in [0.25, 0.3) is 0 Å². The maximum Gasteiger partial charge on any atom is 0.222 e. The van der Waals surface area contributed by atoms with Crippen LogP contribution in [0.15, 0.2) is 0 Å². The second-order valence-corrected chi connectivity index (χ2v) is 9.91. The molecule has 5 nitrogen and oxygen atoms in total. The number of rotatable bonds is 4. The fourth-order valence-corrected chi connectivity index (χ4v) is 6.02. The lowest BCUT2D eigenvalue weighted by Crippen LogP contribution is -2.49. The van der Waals surface area contributed by atoms with E-state index >= 15 is 0 Å². The van der Waals surface area contributed by atoms with E-state index in [9.17, 15) is 4.79 Å². The van der Waals surface area contributed by atoms with Gasteiger partial charge in [-0.15, -0.1) is 11.3 Å². The van der Waals surface area contributed by atoms with Crippen molar-refractivity contribution in [1.82, 2.24) is 14.9 Å². The number of aryl methyl sites for hydroxylation is 1. The number of piperazine rings is 1. The highest BCUT2D eigenvalue weighted by Gasteiger charge is 2.32. The largest absolute Gasteiger partial charge is 0.352 e. The van der Waals surface area contributed by atoms with Gasteiger partial charge >= 0.3 is 0 Å². The van der Waals surface area contributed by atoms with Crippen LogP contribution in [0.5, 0.6) is 0 Å². The first-order valence-corrected chi connectivity index (χ1v) is 11.8. The molecule has 1 unspecified atom stereocenters. The molecule has 2 aromatic heterocycles. The molecule has 5 rings (SSSR count). The van der Waals surface area contributed by atoms with Crippen molar-refractivity contribution in [1.29, 1.82) is 0 Å². The molecule has 2 aliphatic carbocycles. The van der Waals surface area contributed by atoms with Crippen LogP contribution in [0.4, 0.5) is 5.82 Å². The molecule has 1 saturated heterocycles. The standard InChI is InChI=1S/C22H30N4OS/c1-3-4-18(27)25-9-11-26(12-10-25)21-19-16-8-5-14(2)13-17(16)28-22(19)24-20(23-21)15-6-7-15/h14-15H,3-13H2,1-2H3. The van der Waals surface area contributed by atoms with E-state index in [0.717, 1.165) is 56.6 Å². The number of nitrogens with zero attached hydrogens (tertiary/aromatic N) is 4. The molecule has 0 bridgehead atoms. The maximum absolute atomic E-state index is 12.3. The minimum Gasteiger partial charge on any atom is -0.352 e. The number of aromatic nitrogens is 2. The second kappa shape index (κ2) is 7.29. The summed E-state index contributed by atoms with van der Waals surface area (Å²) in [5.41, 5.74) is 1.51. The molecule has 0 aromatic carbocycles. The van der Waals surface area contributed by atoms with Crippen molar-refractivity contribution >= 4 is 33.3 Å². The summed E-state index contributed by atoms with van der Waals surface area (Å²) in [4.78, 5) is 29.6. The highest BCUT2D eigenvalue weighted by Crippen LogP contribution is 2.44. The number of fused-ring (bicyclic) bond motifs is 3. The molecule has 2 fully saturated rings. The molecule has 1 aliphatic heterocycles. The highest BCUT2D eigenvalue weighted by molar-refractivity contribution is 7.19. The Morgan fingerprint density at radius 3 is 2.64 bits per heavy atom. The zero-order valence-corrected chi connectivity index (χ0v) is 17.9. The molecular formula is C22H30N4OS. The Morgan fingerprint density at radius 2 is 1.93 bits per heavy atom. The van der Waals surface area contributed by atoms with E-state index in [1.54, 1.807) is 0 Å². The normalized spacial score (nSPS) is 22.6. The molecular weight excluding hydrogens is 368 g/mol. The summed E-state index contributed by atoms with van der Waals surface area (Å²) in [5.74, 6) is 3.84. The predicted octanol–water partition coefficient (Wildman–Crippen LogP) is 4.14. The average molecular weight is 399 g/mol. The van der Waals surface area contributed by atoms with E-state index in [-0.39, 0.29) is 0 Å². The summed E-state index contributed by atoms with van der Waals surface area (Å²) in [6, 6.07) is 0. The molecule has 0 radical (unpaired) electrons. The number of carbonyl (C=O) groups excluding carboxylic acids is 1. The van der Waals surface area contributed by atoms with Gasteiger partial charge in [-0.1, -0.05) is 13.8 Å². The Kier molecular flexibility index (Phi) is 4.77. The van der Waals surface area contributed by atoms with Gasteiger partial charge in [0.2, 0.25) is 5.91 Å². The Hall–Kier alpha value is -1.69. The third-order valence-corrected chi connectivity index (χ3v) is 7.64. The van der Waals surface area contributed by atoms with Gasteiger partial charge in [-0.05, 0) is 50.0 Å². The van der Waals surface area contributed by atoms with Crippen molar-refractivity contribution in [3.8, 4) is 0 Å². The van der Waals surface area contributed by atoms with Crippen LogP contribution in [0.1, 0.15) is 68.1 Å². The fraction of sp³-hybridized carbons (Fsp3) is 0.682. The van der Waals surface area contributed by atoms with Crippen molar-refractivity contribution in [2.45, 2.75) is 64.7 Å². The minimum absolute atomic E-state index is 0.301. The van der Waals surface area contributed by atoms with E-state index in [4.69, 9.17) is 9.97 Å². The first kappa shape index (κ1) is 18.3. The van der Waals surface area contributed by atoms with Gasteiger partial charge in [-0.2, -0.15) is 0 Å². The number of hydrogen-bond acceptors (Lipinski definition) is 5. The Balaban J connectivity index is 1.49. The lowest BCUT2D eigenvalue weighted by atomic mass is 9.89. The van der Waals surface area contributed by atoms with Crippen LogP contribution in [0.25, 0.3) is 10.2 Å². The third kappa shape index (κ3) is 3.30. The summed E-state index contributed by atoms with van der Waals surface area (Å²) < 4.78 is 0. The molecule has 1 amide bonds. The maximum atomic E-state index is 12.3. The van der Waals surface area contributed by atoms with Gasteiger partial charge < -0.3 is 9.80 Å². The van der Waals surface area contributed by atoms with Crippen LogP contribution in [-0.2, 0) is 17.6 Å². The molecule has 3 heterocycles. The highest BCUT2D eigenvalue weighted by atomic mass is 32.1. The molecule has 150 valence electrons. The third-order valence-electron chi connectivity index (χ3n) is 6.49. The first-order chi connectivity index (χ1) is 13.6. The van der Waals surface area contributed by atoms with E-state index < -0.39 is 0 Å². The van der Waals surface area contributed by atoms with Crippen molar-refractivity contribution in [3.05, 3.63) is 16.3 Å². The second-order valence-electron chi connectivity index (χ2n) is 8.83. The van der Waals surface area contributed by atoms with E-state index in [0.29, 0.717) is 18.2 Å². The monoisotopic (exact) mass is 398 g/mol.